The molecule has 2 aromatic carbocycles. The predicted octanol–water partition coefficient (Wildman–Crippen LogP) is 4.75. The van der Waals surface area contributed by atoms with Crippen molar-refractivity contribution < 1.29 is 28.0 Å². The third-order valence-corrected chi connectivity index (χ3v) is 8.30. The molecule has 210 valence electrons. The first-order valence-electron chi connectivity index (χ1n) is 13.0. The molecule has 0 aromatic heterocycles. The lowest BCUT2D eigenvalue weighted by Gasteiger charge is -2.24. The molecule has 3 N–H and O–H groups in total. The van der Waals surface area contributed by atoms with Gasteiger partial charge in [0.25, 0.3) is 15.9 Å². The van der Waals surface area contributed by atoms with E-state index in [9.17, 15) is 23.2 Å². The number of aryl methyl sites for hydroxylation is 2. The van der Waals surface area contributed by atoms with Gasteiger partial charge < -0.3 is 10.1 Å². The van der Waals surface area contributed by atoms with Gasteiger partial charge in [-0.05, 0) is 68.1 Å². The number of unbranched alkanes of at least 4 members (excludes halogenated alkanes) is 4. The van der Waals surface area contributed by atoms with Gasteiger partial charge >= 0.3 is 0 Å². The van der Waals surface area contributed by atoms with Gasteiger partial charge in [-0.3, -0.25) is 19.1 Å². The van der Waals surface area contributed by atoms with E-state index in [0.717, 1.165) is 23.6 Å². The van der Waals surface area contributed by atoms with Crippen LogP contribution in [0, 0.1) is 6.92 Å². The number of hydrogen-bond acceptors (Lipinski definition) is 6. The standard InChI is InChI=1S/C28H41N3O6S/c1-6-7-8-9-10-11-21(3)29-26(32)17-12-22-18-20(2)27(25(19-22)28(33)30-34)31(4)38(35,36)24-15-13-23(37-5)14-16-24/h13-16,18-19,21,34H,6-12,17H2,1-5H3,(H,29,32)(H,30,33). The van der Waals surface area contributed by atoms with Crippen LogP contribution in [0.2, 0.25) is 0 Å². The fraction of sp³-hybridized carbons (Fsp3) is 0.500. The van der Waals surface area contributed by atoms with Gasteiger partial charge in [0.2, 0.25) is 5.91 Å². The lowest BCUT2D eigenvalue weighted by Crippen LogP contribution is -2.32. The zero-order chi connectivity index (χ0) is 28.3. The maximum absolute atomic E-state index is 13.3. The zero-order valence-electron chi connectivity index (χ0n) is 23.0. The Bertz CT molecular complexity index is 1180. The van der Waals surface area contributed by atoms with Crippen LogP contribution in [0.5, 0.6) is 5.75 Å². The molecule has 1 atom stereocenters. The molecule has 1 unspecified atom stereocenters. The summed E-state index contributed by atoms with van der Waals surface area (Å²) in [5.74, 6) is -0.416. The second-order valence-corrected chi connectivity index (χ2v) is 11.5. The molecule has 0 fully saturated rings. The fourth-order valence-electron chi connectivity index (χ4n) is 4.41. The number of hydrogen-bond donors (Lipinski definition) is 3. The highest BCUT2D eigenvalue weighted by atomic mass is 32.2. The third kappa shape index (κ3) is 8.46. The number of rotatable bonds is 15. The summed E-state index contributed by atoms with van der Waals surface area (Å²) in [7, 11) is -1.18. The summed E-state index contributed by atoms with van der Waals surface area (Å²) >= 11 is 0. The summed E-state index contributed by atoms with van der Waals surface area (Å²) < 4.78 is 32.7. The second-order valence-electron chi connectivity index (χ2n) is 9.57. The monoisotopic (exact) mass is 547 g/mol. The largest absolute Gasteiger partial charge is 0.497 e. The van der Waals surface area contributed by atoms with Crippen LogP contribution in [-0.2, 0) is 21.2 Å². The van der Waals surface area contributed by atoms with Crippen molar-refractivity contribution in [2.24, 2.45) is 0 Å². The third-order valence-electron chi connectivity index (χ3n) is 6.53. The van der Waals surface area contributed by atoms with Crippen LogP contribution >= 0.6 is 0 Å². The predicted molar refractivity (Wildman–Crippen MR) is 148 cm³/mol. The van der Waals surface area contributed by atoms with Gasteiger partial charge in [0, 0.05) is 19.5 Å². The van der Waals surface area contributed by atoms with Crippen LogP contribution in [0.25, 0.3) is 0 Å². The maximum Gasteiger partial charge on any atom is 0.276 e. The minimum atomic E-state index is -4.02. The van der Waals surface area contributed by atoms with Gasteiger partial charge in [0.15, 0.2) is 0 Å². The summed E-state index contributed by atoms with van der Waals surface area (Å²) in [6.07, 6.45) is 7.40. The SMILES string of the molecule is CCCCCCCC(C)NC(=O)CCc1cc(C)c(N(C)S(=O)(=O)c2ccc(OC)cc2)c(C(=O)NO)c1. The summed E-state index contributed by atoms with van der Waals surface area (Å²) in [5, 5.41) is 12.4. The van der Waals surface area contributed by atoms with E-state index in [1.165, 1.54) is 63.8 Å². The number of hydroxylamine groups is 1. The molecular weight excluding hydrogens is 506 g/mol. The van der Waals surface area contributed by atoms with Gasteiger partial charge in [0.1, 0.15) is 5.75 Å². The minimum Gasteiger partial charge on any atom is -0.497 e. The van der Waals surface area contributed by atoms with E-state index < -0.39 is 15.9 Å². The van der Waals surface area contributed by atoms with E-state index in [2.05, 4.69) is 12.2 Å². The first-order valence-corrected chi connectivity index (χ1v) is 14.5. The molecule has 0 radical (unpaired) electrons. The first-order chi connectivity index (χ1) is 18.0. The summed E-state index contributed by atoms with van der Waals surface area (Å²) in [4.78, 5) is 25.1. The molecule has 0 saturated carbocycles. The highest BCUT2D eigenvalue weighted by Gasteiger charge is 2.27. The first kappa shape index (κ1) is 31.1. The molecule has 0 heterocycles. The lowest BCUT2D eigenvalue weighted by molar-refractivity contribution is -0.121. The molecular formula is C28H41N3O6S. The molecule has 38 heavy (non-hydrogen) atoms. The number of anilines is 1. The fourth-order valence-corrected chi connectivity index (χ4v) is 5.69. The highest BCUT2D eigenvalue weighted by molar-refractivity contribution is 7.92. The molecule has 0 spiro atoms. The van der Waals surface area contributed by atoms with Crippen LogP contribution in [0.15, 0.2) is 41.3 Å². The Morgan fingerprint density at radius 2 is 1.74 bits per heavy atom. The highest BCUT2D eigenvalue weighted by Crippen LogP contribution is 2.31. The number of carbonyl (C=O) groups excluding carboxylic acids is 2. The van der Waals surface area contributed by atoms with Crippen LogP contribution in [0.4, 0.5) is 5.69 Å². The van der Waals surface area contributed by atoms with Crippen LogP contribution < -0.4 is 19.8 Å². The van der Waals surface area contributed by atoms with Gasteiger partial charge in [-0.2, -0.15) is 0 Å². The van der Waals surface area contributed by atoms with Gasteiger partial charge in [-0.25, -0.2) is 13.9 Å². The van der Waals surface area contributed by atoms with Crippen molar-refractivity contribution in [3.63, 3.8) is 0 Å². The smallest absolute Gasteiger partial charge is 0.276 e. The van der Waals surface area contributed by atoms with Crippen molar-refractivity contribution in [1.29, 1.82) is 0 Å². The number of methoxy groups -OCH3 is 1. The van der Waals surface area contributed by atoms with Gasteiger partial charge in [-0.1, -0.05) is 45.1 Å². The van der Waals surface area contributed by atoms with Crippen molar-refractivity contribution in [3.8, 4) is 5.75 Å². The molecule has 0 bridgehead atoms. The molecule has 2 rings (SSSR count). The van der Waals surface area contributed by atoms with Crippen molar-refractivity contribution >= 4 is 27.5 Å². The quantitative estimate of drug-likeness (QED) is 0.168. The molecule has 0 aliphatic rings. The maximum atomic E-state index is 13.3. The van der Waals surface area contributed by atoms with E-state index >= 15 is 0 Å². The molecule has 2 aromatic rings. The van der Waals surface area contributed by atoms with Crippen molar-refractivity contribution in [2.75, 3.05) is 18.5 Å². The number of amides is 2. The number of sulfonamides is 1. The number of benzene rings is 2. The van der Waals surface area contributed by atoms with E-state index in [-0.39, 0.29) is 34.5 Å². The Balaban J connectivity index is 2.17. The number of nitrogens with one attached hydrogen (secondary N) is 2. The van der Waals surface area contributed by atoms with Gasteiger partial charge in [-0.15, -0.1) is 0 Å². The van der Waals surface area contributed by atoms with E-state index in [0.29, 0.717) is 23.3 Å². The topological polar surface area (TPSA) is 125 Å². The Morgan fingerprint density at radius 3 is 2.34 bits per heavy atom. The Labute approximate surface area is 226 Å². The zero-order valence-corrected chi connectivity index (χ0v) is 23.9. The number of carbonyl (C=O) groups is 2. The summed E-state index contributed by atoms with van der Waals surface area (Å²) in [6, 6.07) is 9.27. The van der Waals surface area contributed by atoms with E-state index in [1.807, 2.05) is 6.92 Å². The Hall–Kier alpha value is -3.11. The Morgan fingerprint density at radius 1 is 1.08 bits per heavy atom. The normalized spacial score (nSPS) is 12.1. The molecule has 0 aliphatic carbocycles. The summed E-state index contributed by atoms with van der Waals surface area (Å²) in [5.41, 5.74) is 2.93. The van der Waals surface area contributed by atoms with Crippen LogP contribution in [0.3, 0.4) is 0 Å². The lowest BCUT2D eigenvalue weighted by atomic mass is 9.99. The average molecular weight is 548 g/mol. The van der Waals surface area contributed by atoms with E-state index in [1.54, 1.807) is 18.5 Å². The molecule has 0 aliphatic heterocycles. The van der Waals surface area contributed by atoms with Crippen molar-refractivity contribution in [1.82, 2.24) is 10.8 Å². The molecule has 9 nitrogen and oxygen atoms in total. The molecule has 0 saturated heterocycles. The number of nitrogens with zero attached hydrogens (tertiary/aromatic N) is 1. The summed E-state index contributed by atoms with van der Waals surface area (Å²) in [6.45, 7) is 5.87. The number of ether oxygens (including phenoxy) is 1. The van der Waals surface area contributed by atoms with Gasteiger partial charge in [0.05, 0.1) is 23.3 Å². The molecule has 10 heteroatoms. The van der Waals surface area contributed by atoms with Crippen molar-refractivity contribution in [2.45, 2.75) is 83.1 Å². The van der Waals surface area contributed by atoms with E-state index in [4.69, 9.17) is 4.74 Å². The second kappa shape index (κ2) is 14.7. The van der Waals surface area contributed by atoms with Crippen LogP contribution in [0.1, 0.15) is 80.3 Å². The Kier molecular flexibility index (Phi) is 12.1. The minimum absolute atomic E-state index is 0.0112. The van der Waals surface area contributed by atoms with Crippen molar-refractivity contribution in [3.05, 3.63) is 53.1 Å². The van der Waals surface area contributed by atoms with Crippen LogP contribution in [-0.4, -0.2) is 45.6 Å². The molecule has 2 amide bonds. The average Bonchev–Trinajstić information content (AvgIpc) is 2.90.